The lowest BCUT2D eigenvalue weighted by molar-refractivity contribution is 0.601. The summed E-state index contributed by atoms with van der Waals surface area (Å²) in [6.45, 7) is 2.00. The van der Waals surface area contributed by atoms with E-state index in [1.165, 1.54) is 0 Å². The van der Waals surface area contributed by atoms with Gasteiger partial charge in [0.05, 0.1) is 17.1 Å². The van der Waals surface area contributed by atoms with Gasteiger partial charge in [0, 0.05) is 43.2 Å². The molecule has 0 saturated carbocycles. The lowest BCUT2D eigenvalue weighted by Crippen LogP contribution is -2.22. The monoisotopic (exact) mass is 475 g/mol. The summed E-state index contributed by atoms with van der Waals surface area (Å²) in [5, 5.41) is 0. The summed E-state index contributed by atoms with van der Waals surface area (Å²) in [5.74, 6) is 1.13. The second-order valence-corrected chi connectivity index (χ2v) is 9.60. The van der Waals surface area contributed by atoms with Gasteiger partial charge in [0.25, 0.3) is 0 Å². The van der Waals surface area contributed by atoms with Crippen molar-refractivity contribution in [3.63, 3.8) is 0 Å². The molecule has 0 fully saturated rings. The van der Waals surface area contributed by atoms with Crippen LogP contribution in [-0.2, 0) is 22.9 Å². The van der Waals surface area contributed by atoms with E-state index in [2.05, 4.69) is 29.6 Å². The van der Waals surface area contributed by atoms with Crippen LogP contribution in [0.15, 0.2) is 67.0 Å². The molecule has 10 heteroatoms. The Kier molecular flexibility index (Phi) is 7.19. The number of nitrogens with one attached hydrogen (secondary N) is 1. The Balaban J connectivity index is 1.44. The van der Waals surface area contributed by atoms with Crippen LogP contribution in [0.1, 0.15) is 28.5 Å². The number of nitrogens with zero attached hydrogens (tertiary/aromatic N) is 5. The van der Waals surface area contributed by atoms with Crippen molar-refractivity contribution in [3.8, 4) is 11.5 Å². The molecule has 174 valence electrons. The maximum atomic E-state index is 11.9. The molecule has 0 atom stereocenters. The Hall–Kier alpha value is -3.76. The van der Waals surface area contributed by atoms with Crippen molar-refractivity contribution < 1.29 is 8.42 Å². The van der Waals surface area contributed by atoms with E-state index in [0.717, 1.165) is 28.3 Å². The Bertz CT molecular complexity index is 1380. The Morgan fingerprint density at radius 1 is 0.853 bits per heavy atom. The third-order valence-corrected chi connectivity index (χ3v) is 6.25. The number of pyridine rings is 1. The average molecular weight is 476 g/mol. The van der Waals surface area contributed by atoms with Crippen LogP contribution in [0.5, 0.6) is 0 Å². The summed E-state index contributed by atoms with van der Waals surface area (Å²) in [7, 11) is -3.43. The lowest BCUT2D eigenvalue weighted by atomic mass is 10.1. The number of sulfonamides is 1. The van der Waals surface area contributed by atoms with Crippen molar-refractivity contribution in [1.29, 1.82) is 0 Å². The summed E-state index contributed by atoms with van der Waals surface area (Å²) in [6.07, 6.45) is 4.52. The van der Waals surface area contributed by atoms with Crippen LogP contribution in [-0.4, -0.2) is 45.6 Å². The van der Waals surface area contributed by atoms with E-state index in [9.17, 15) is 8.42 Å². The van der Waals surface area contributed by atoms with E-state index < -0.39 is 10.0 Å². The summed E-state index contributed by atoms with van der Waals surface area (Å²) < 4.78 is 26.2. The number of hydrogen-bond donors (Lipinski definition) is 2. The molecule has 0 amide bonds. The highest BCUT2D eigenvalue weighted by Gasteiger charge is 2.10. The van der Waals surface area contributed by atoms with E-state index in [4.69, 9.17) is 5.73 Å². The molecule has 3 heterocycles. The number of benzene rings is 1. The predicted molar refractivity (Wildman–Crippen MR) is 131 cm³/mol. The van der Waals surface area contributed by atoms with Gasteiger partial charge in [0.1, 0.15) is 11.5 Å². The van der Waals surface area contributed by atoms with Crippen LogP contribution in [0.3, 0.4) is 0 Å². The van der Waals surface area contributed by atoms with E-state index in [1.54, 1.807) is 24.5 Å². The summed E-state index contributed by atoms with van der Waals surface area (Å²) in [6, 6.07) is 16.6. The van der Waals surface area contributed by atoms with Crippen molar-refractivity contribution in [1.82, 2.24) is 24.9 Å². The molecule has 0 unspecified atom stereocenters. The third kappa shape index (κ3) is 6.40. The van der Waals surface area contributed by atoms with Crippen LogP contribution >= 0.6 is 0 Å². The van der Waals surface area contributed by atoms with Crippen molar-refractivity contribution in [2.45, 2.75) is 19.8 Å². The standard InChI is InChI=1S/C24H25N7O2S/c1-17-3-2-4-22(28-17)24-27-13-10-21(30-24)16-20-9-12-26-23(29-20)15-18-5-7-19(8-6-18)31-34(32,33)14-11-25/h2-10,12-13,31H,11,14-16,25H2,1H3. The first-order valence-electron chi connectivity index (χ1n) is 10.8. The maximum absolute atomic E-state index is 11.9. The molecule has 34 heavy (non-hydrogen) atoms. The maximum Gasteiger partial charge on any atom is 0.233 e. The number of nitrogens with two attached hydrogens (primary N) is 1. The molecule has 0 radical (unpaired) electrons. The Labute approximate surface area is 198 Å². The molecule has 0 bridgehead atoms. The highest BCUT2D eigenvalue weighted by Crippen LogP contribution is 2.16. The number of rotatable bonds is 9. The summed E-state index contributed by atoms with van der Waals surface area (Å²) >= 11 is 0. The second kappa shape index (κ2) is 10.4. The zero-order valence-corrected chi connectivity index (χ0v) is 19.5. The molecule has 0 aliphatic carbocycles. The smallest absolute Gasteiger partial charge is 0.233 e. The highest BCUT2D eigenvalue weighted by atomic mass is 32.2. The van der Waals surface area contributed by atoms with Crippen LogP contribution in [0.2, 0.25) is 0 Å². The first-order valence-corrected chi connectivity index (χ1v) is 12.4. The third-order valence-electron chi connectivity index (χ3n) is 4.93. The van der Waals surface area contributed by atoms with Crippen molar-refractivity contribution >= 4 is 15.7 Å². The second-order valence-electron chi connectivity index (χ2n) is 7.76. The Morgan fingerprint density at radius 3 is 2.32 bits per heavy atom. The van der Waals surface area contributed by atoms with E-state index in [-0.39, 0.29) is 12.3 Å². The first-order chi connectivity index (χ1) is 16.4. The summed E-state index contributed by atoms with van der Waals surface area (Å²) in [4.78, 5) is 22.5. The quantitative estimate of drug-likeness (QED) is 0.377. The van der Waals surface area contributed by atoms with Crippen LogP contribution in [0.25, 0.3) is 11.5 Å². The van der Waals surface area contributed by atoms with Crippen molar-refractivity contribution in [3.05, 3.63) is 95.5 Å². The molecule has 4 rings (SSSR count). The fraction of sp³-hybridized carbons (Fsp3) is 0.208. The van der Waals surface area contributed by atoms with Gasteiger partial charge in [0.15, 0.2) is 5.82 Å². The van der Waals surface area contributed by atoms with Crippen LogP contribution < -0.4 is 10.5 Å². The highest BCUT2D eigenvalue weighted by molar-refractivity contribution is 7.92. The molecule has 0 saturated heterocycles. The molecular weight excluding hydrogens is 450 g/mol. The van der Waals surface area contributed by atoms with Gasteiger partial charge in [-0.05, 0) is 48.9 Å². The van der Waals surface area contributed by atoms with Gasteiger partial charge in [-0.25, -0.2) is 33.3 Å². The van der Waals surface area contributed by atoms with Gasteiger partial charge in [-0.2, -0.15) is 0 Å². The van der Waals surface area contributed by atoms with Gasteiger partial charge in [-0.3, -0.25) is 4.72 Å². The molecule has 0 spiro atoms. The van der Waals surface area contributed by atoms with E-state index in [1.807, 2.05) is 49.4 Å². The van der Waals surface area contributed by atoms with Crippen molar-refractivity contribution in [2.24, 2.45) is 5.73 Å². The fourth-order valence-corrected chi connectivity index (χ4v) is 4.26. The topological polar surface area (TPSA) is 137 Å². The van der Waals surface area contributed by atoms with Gasteiger partial charge < -0.3 is 5.73 Å². The molecule has 0 aliphatic rings. The van der Waals surface area contributed by atoms with Crippen LogP contribution in [0.4, 0.5) is 5.69 Å². The first kappa shape index (κ1) is 23.4. The molecule has 3 N–H and O–H groups in total. The minimum atomic E-state index is -3.43. The number of aromatic nitrogens is 5. The molecular formula is C24H25N7O2S. The average Bonchev–Trinajstić information content (AvgIpc) is 2.81. The van der Waals surface area contributed by atoms with Gasteiger partial charge >= 0.3 is 0 Å². The molecule has 3 aromatic heterocycles. The normalized spacial score (nSPS) is 11.4. The van der Waals surface area contributed by atoms with E-state index >= 15 is 0 Å². The lowest BCUT2D eigenvalue weighted by Gasteiger charge is -2.08. The minimum Gasteiger partial charge on any atom is -0.329 e. The van der Waals surface area contributed by atoms with Gasteiger partial charge in [0.2, 0.25) is 10.0 Å². The molecule has 4 aromatic rings. The van der Waals surface area contributed by atoms with Gasteiger partial charge in [-0.1, -0.05) is 18.2 Å². The largest absolute Gasteiger partial charge is 0.329 e. The zero-order chi connectivity index (χ0) is 24.0. The fourth-order valence-electron chi connectivity index (χ4n) is 3.35. The minimum absolute atomic E-state index is 0.0697. The van der Waals surface area contributed by atoms with Crippen molar-refractivity contribution in [2.75, 3.05) is 17.0 Å². The SMILES string of the molecule is Cc1cccc(-c2nccc(Cc3ccnc(Cc4ccc(NS(=O)(=O)CCN)cc4)n3)n2)n1. The Morgan fingerprint density at radius 2 is 1.59 bits per heavy atom. The van der Waals surface area contributed by atoms with Gasteiger partial charge in [-0.15, -0.1) is 0 Å². The number of aryl methyl sites for hydroxylation is 1. The molecule has 1 aromatic carbocycles. The predicted octanol–water partition coefficient (Wildman–Crippen LogP) is 2.52. The molecule has 9 nitrogen and oxygen atoms in total. The van der Waals surface area contributed by atoms with Crippen LogP contribution in [0, 0.1) is 6.92 Å². The number of anilines is 1. The summed E-state index contributed by atoms with van der Waals surface area (Å²) in [5.41, 5.74) is 10.1. The molecule has 0 aliphatic heterocycles. The zero-order valence-electron chi connectivity index (χ0n) is 18.7. The number of hydrogen-bond acceptors (Lipinski definition) is 8. The van der Waals surface area contributed by atoms with E-state index in [0.29, 0.717) is 30.2 Å².